The van der Waals surface area contributed by atoms with Gasteiger partial charge in [-0.1, -0.05) is 0 Å². The van der Waals surface area contributed by atoms with Crippen molar-refractivity contribution in [2.24, 2.45) is 0 Å². The van der Waals surface area contributed by atoms with E-state index in [0.29, 0.717) is 0 Å². The third kappa shape index (κ3) is 0.501. The molecule has 2 rings (SSSR count). The van der Waals surface area contributed by atoms with Gasteiger partial charge in [-0.2, -0.15) is 0 Å². The van der Waals surface area contributed by atoms with Gasteiger partial charge in [-0.05, 0) is 11.6 Å². The van der Waals surface area contributed by atoms with Crippen LogP contribution in [-0.4, -0.2) is 0 Å². The van der Waals surface area contributed by atoms with Crippen molar-refractivity contribution in [1.82, 2.24) is 0 Å². The smallest absolute Gasteiger partial charge is 0.0817 e. The maximum Gasteiger partial charge on any atom is 0.0817 e. The molecule has 1 nitrogen and oxygen atoms in total. The van der Waals surface area contributed by atoms with Gasteiger partial charge in [0.05, 0.1) is 13.2 Å². The van der Waals surface area contributed by atoms with Crippen molar-refractivity contribution >= 4 is 11.3 Å². The largest absolute Gasteiger partial charge is 0.371 e. The van der Waals surface area contributed by atoms with Crippen molar-refractivity contribution in [3.8, 4) is 0 Å². The first-order valence-electron chi connectivity index (χ1n) is 2.52. The molecule has 0 atom stereocenters. The lowest BCUT2D eigenvalue weighted by molar-refractivity contribution is 0.135. The number of thiophene rings is 1. The molecular weight excluding hydrogens is 120 g/mol. The van der Waals surface area contributed by atoms with Gasteiger partial charge in [0.15, 0.2) is 0 Å². The van der Waals surface area contributed by atoms with E-state index >= 15 is 0 Å². The Kier molecular flexibility index (Phi) is 0.889. The van der Waals surface area contributed by atoms with Crippen LogP contribution >= 0.6 is 11.3 Å². The topological polar surface area (TPSA) is 9.23 Å². The minimum atomic E-state index is 0.801. The molecular formula is C6H5OS. The van der Waals surface area contributed by atoms with E-state index in [1.807, 2.05) is 6.07 Å². The Morgan fingerprint density at radius 3 is 3.50 bits per heavy atom. The Morgan fingerprint density at radius 1 is 1.62 bits per heavy atom. The third-order valence-corrected chi connectivity index (χ3v) is 2.13. The van der Waals surface area contributed by atoms with Crippen LogP contribution in [0.25, 0.3) is 0 Å². The van der Waals surface area contributed by atoms with Gasteiger partial charge in [-0.3, -0.25) is 0 Å². The van der Waals surface area contributed by atoms with E-state index < -0.39 is 0 Å². The van der Waals surface area contributed by atoms with Crippen molar-refractivity contribution in [3.05, 3.63) is 21.9 Å². The van der Waals surface area contributed by atoms with Gasteiger partial charge < -0.3 is 4.74 Å². The summed E-state index contributed by atoms with van der Waals surface area (Å²) >= 11 is 1.66. The average molecular weight is 125 g/mol. The zero-order chi connectivity index (χ0) is 5.40. The molecule has 1 aliphatic heterocycles. The molecule has 8 heavy (non-hydrogen) atoms. The second-order valence-electron chi connectivity index (χ2n) is 1.81. The molecule has 0 amide bonds. The monoisotopic (exact) mass is 125 g/mol. The first-order chi connectivity index (χ1) is 3.97. The minimum Gasteiger partial charge on any atom is -0.371 e. The van der Waals surface area contributed by atoms with Gasteiger partial charge in [-0.15, -0.1) is 11.3 Å². The molecule has 0 saturated heterocycles. The molecule has 0 unspecified atom stereocenters. The standard InChI is InChI=1S/C6H5OS/c1-2-8-6-4-7-3-5(1)6/h1H,3-4H2. The molecule has 2 heteroatoms. The fourth-order valence-electron chi connectivity index (χ4n) is 0.816. The molecule has 0 aliphatic carbocycles. The molecule has 2 heterocycles. The summed E-state index contributed by atoms with van der Waals surface area (Å²) in [6.45, 7) is 1.61. The van der Waals surface area contributed by atoms with Gasteiger partial charge in [0.2, 0.25) is 0 Å². The molecule has 1 aromatic rings. The number of hydrogen-bond acceptors (Lipinski definition) is 2. The Labute approximate surface area is 51.9 Å². The highest BCUT2D eigenvalue weighted by molar-refractivity contribution is 7.09. The molecule has 0 N–H and O–H groups in total. The molecule has 1 aromatic heterocycles. The van der Waals surface area contributed by atoms with E-state index in [0.717, 1.165) is 13.2 Å². The highest BCUT2D eigenvalue weighted by Gasteiger charge is 2.10. The summed E-state index contributed by atoms with van der Waals surface area (Å²) in [6.07, 6.45) is 0. The lowest BCUT2D eigenvalue weighted by atomic mass is 10.3. The molecule has 0 spiro atoms. The van der Waals surface area contributed by atoms with Crippen LogP contribution < -0.4 is 0 Å². The predicted octanol–water partition coefficient (Wildman–Crippen LogP) is 1.58. The molecule has 1 radical (unpaired) electrons. The molecule has 0 fully saturated rings. The molecule has 1 aliphatic rings. The third-order valence-electron chi connectivity index (χ3n) is 1.26. The minimum absolute atomic E-state index is 0.801. The second kappa shape index (κ2) is 1.57. The Bertz CT molecular complexity index is 174. The van der Waals surface area contributed by atoms with Crippen molar-refractivity contribution in [1.29, 1.82) is 0 Å². The fraction of sp³-hybridized carbons (Fsp3) is 0.333. The first kappa shape index (κ1) is 4.53. The summed E-state index contributed by atoms with van der Waals surface area (Å²) in [5.74, 6) is 0. The SMILES string of the molecule is [c]1cc2c(s1)COC2. The van der Waals surface area contributed by atoms with E-state index in [4.69, 9.17) is 4.74 Å². The van der Waals surface area contributed by atoms with E-state index in [1.165, 1.54) is 10.4 Å². The summed E-state index contributed by atoms with van der Waals surface area (Å²) in [6, 6.07) is 2.01. The summed E-state index contributed by atoms with van der Waals surface area (Å²) in [7, 11) is 0. The predicted molar refractivity (Wildman–Crippen MR) is 31.6 cm³/mol. The van der Waals surface area contributed by atoms with Crippen LogP contribution in [-0.2, 0) is 18.0 Å². The van der Waals surface area contributed by atoms with E-state index in [-0.39, 0.29) is 0 Å². The van der Waals surface area contributed by atoms with E-state index in [9.17, 15) is 0 Å². The number of ether oxygens (including phenoxy) is 1. The second-order valence-corrected chi connectivity index (χ2v) is 2.74. The average Bonchev–Trinajstić information content (AvgIpc) is 2.15. The first-order valence-corrected chi connectivity index (χ1v) is 3.34. The van der Waals surface area contributed by atoms with Crippen LogP contribution in [0.1, 0.15) is 10.4 Å². The van der Waals surface area contributed by atoms with E-state index in [1.54, 1.807) is 11.3 Å². The van der Waals surface area contributed by atoms with Crippen molar-refractivity contribution in [2.45, 2.75) is 13.2 Å². The summed E-state index contributed by atoms with van der Waals surface area (Å²) < 4.78 is 5.15. The fourth-order valence-corrected chi connectivity index (χ4v) is 1.55. The zero-order valence-corrected chi connectivity index (χ0v) is 5.12. The molecule has 0 bridgehead atoms. The maximum absolute atomic E-state index is 5.15. The van der Waals surface area contributed by atoms with Crippen molar-refractivity contribution in [3.63, 3.8) is 0 Å². The van der Waals surface area contributed by atoms with Gasteiger partial charge >= 0.3 is 0 Å². The van der Waals surface area contributed by atoms with Gasteiger partial charge in [-0.25, -0.2) is 0 Å². The van der Waals surface area contributed by atoms with Crippen LogP contribution in [0.2, 0.25) is 0 Å². The number of rotatable bonds is 0. The number of hydrogen-bond donors (Lipinski definition) is 0. The zero-order valence-electron chi connectivity index (χ0n) is 4.31. The highest BCUT2D eigenvalue weighted by atomic mass is 32.1. The molecule has 0 saturated carbocycles. The van der Waals surface area contributed by atoms with Crippen LogP contribution in [0, 0.1) is 5.38 Å². The summed E-state index contributed by atoms with van der Waals surface area (Å²) in [5.41, 5.74) is 1.33. The van der Waals surface area contributed by atoms with Gasteiger partial charge in [0, 0.05) is 10.3 Å². The Balaban J connectivity index is 2.54. The lowest BCUT2D eigenvalue weighted by Gasteiger charge is -1.81. The van der Waals surface area contributed by atoms with Gasteiger partial charge in [0.1, 0.15) is 0 Å². The Morgan fingerprint density at radius 2 is 2.62 bits per heavy atom. The van der Waals surface area contributed by atoms with Crippen LogP contribution in [0.5, 0.6) is 0 Å². The van der Waals surface area contributed by atoms with Crippen LogP contribution in [0.4, 0.5) is 0 Å². The number of fused-ring (bicyclic) bond motifs is 1. The van der Waals surface area contributed by atoms with E-state index in [2.05, 4.69) is 5.38 Å². The quantitative estimate of drug-likeness (QED) is 0.511. The molecule has 0 aromatic carbocycles. The Hall–Kier alpha value is -0.340. The van der Waals surface area contributed by atoms with Crippen molar-refractivity contribution < 1.29 is 4.74 Å². The van der Waals surface area contributed by atoms with Crippen LogP contribution in [0.15, 0.2) is 6.07 Å². The summed E-state index contributed by atoms with van der Waals surface area (Å²) in [4.78, 5) is 1.35. The van der Waals surface area contributed by atoms with Crippen LogP contribution in [0.3, 0.4) is 0 Å². The summed E-state index contributed by atoms with van der Waals surface area (Å²) in [5, 5.41) is 3.06. The maximum atomic E-state index is 5.15. The highest BCUT2D eigenvalue weighted by Crippen LogP contribution is 2.23. The molecule has 41 valence electrons. The normalized spacial score (nSPS) is 16.5. The lowest BCUT2D eigenvalue weighted by Crippen LogP contribution is -1.72. The van der Waals surface area contributed by atoms with Gasteiger partial charge in [0.25, 0.3) is 0 Å². The van der Waals surface area contributed by atoms with Crippen molar-refractivity contribution in [2.75, 3.05) is 0 Å².